The quantitative estimate of drug-likeness (QED) is 0.343. The molecule has 5 heteroatoms. The number of thioether (sulfide) groups is 1. The van der Waals surface area contributed by atoms with Crippen molar-refractivity contribution < 1.29 is 9.53 Å². The number of rotatable bonds is 6. The fraction of sp³-hybridized carbons (Fsp3) is 0.267. The molecule has 0 unspecified atom stereocenters. The van der Waals surface area contributed by atoms with Gasteiger partial charge in [-0.1, -0.05) is 80.4 Å². The molecule has 0 radical (unpaired) electrons. The fourth-order valence-corrected chi connectivity index (χ4v) is 5.75. The molecule has 2 aliphatic rings. The monoisotopic (exact) mass is 482 g/mol. The summed E-state index contributed by atoms with van der Waals surface area (Å²) in [7, 11) is 0. The number of ether oxygens (including phenoxy) is 1. The predicted molar refractivity (Wildman–Crippen MR) is 145 cm³/mol. The van der Waals surface area contributed by atoms with E-state index in [9.17, 15) is 4.79 Å². The number of amides is 1. The Morgan fingerprint density at radius 2 is 1.63 bits per heavy atom. The average molecular weight is 483 g/mol. The maximum absolute atomic E-state index is 13.6. The van der Waals surface area contributed by atoms with Gasteiger partial charge >= 0.3 is 0 Å². The van der Waals surface area contributed by atoms with Gasteiger partial charge in [-0.3, -0.25) is 9.69 Å². The van der Waals surface area contributed by atoms with Gasteiger partial charge in [0.25, 0.3) is 5.91 Å². The Morgan fingerprint density at radius 1 is 0.943 bits per heavy atom. The number of nitrogens with zero attached hydrogens (tertiary/aromatic N) is 2. The standard InChI is InChI=1S/C30H30N2O2S/c1-22-10-8-9-15-27(22)32-29(33)28(35-30(32)31-25-13-6-3-7-14-25)20-23-16-18-26(19-17-23)34-21-24-11-4-2-5-12-24/h2-7,11-14,16-20,22,27H,8-10,15,21H2,1H3/b28-20-,31-30?/t22-,27-/m1/s1. The zero-order valence-electron chi connectivity index (χ0n) is 20.0. The number of carbonyl (C=O) groups excluding carboxylic acids is 1. The number of hydrogen-bond donors (Lipinski definition) is 0. The highest BCUT2D eigenvalue weighted by Crippen LogP contribution is 2.40. The minimum Gasteiger partial charge on any atom is -0.489 e. The van der Waals surface area contributed by atoms with Crippen molar-refractivity contribution >= 4 is 34.6 Å². The summed E-state index contributed by atoms with van der Waals surface area (Å²) in [4.78, 5) is 21.2. The summed E-state index contributed by atoms with van der Waals surface area (Å²) in [5, 5.41) is 0.786. The van der Waals surface area contributed by atoms with E-state index in [1.165, 1.54) is 18.2 Å². The molecule has 1 aliphatic carbocycles. The molecular formula is C30H30N2O2S. The number of benzene rings is 3. The Hall–Kier alpha value is -3.31. The lowest BCUT2D eigenvalue weighted by molar-refractivity contribution is -0.124. The predicted octanol–water partition coefficient (Wildman–Crippen LogP) is 7.45. The second kappa shape index (κ2) is 11.0. The first-order valence-corrected chi connectivity index (χ1v) is 13.1. The number of aliphatic imine (C=N–C) groups is 1. The Labute approximate surface area is 211 Å². The third kappa shape index (κ3) is 5.68. The van der Waals surface area contributed by atoms with E-state index in [0.29, 0.717) is 12.5 Å². The molecule has 4 nitrogen and oxygen atoms in total. The zero-order chi connectivity index (χ0) is 24.0. The normalized spacial score (nSPS) is 22.7. The Balaban J connectivity index is 1.36. The fourth-order valence-electron chi connectivity index (χ4n) is 4.70. The molecule has 1 amide bonds. The van der Waals surface area contributed by atoms with Crippen LogP contribution in [-0.2, 0) is 11.4 Å². The molecule has 0 N–H and O–H groups in total. The van der Waals surface area contributed by atoms with Crippen LogP contribution in [0.2, 0.25) is 0 Å². The molecule has 3 aromatic carbocycles. The molecule has 1 aliphatic heterocycles. The number of para-hydroxylation sites is 1. The number of amidine groups is 1. The lowest BCUT2D eigenvalue weighted by Crippen LogP contribution is -2.44. The van der Waals surface area contributed by atoms with Gasteiger partial charge in [-0.25, -0.2) is 4.99 Å². The molecule has 5 rings (SSSR count). The van der Waals surface area contributed by atoms with Crippen molar-refractivity contribution in [2.45, 2.75) is 45.3 Å². The third-order valence-electron chi connectivity index (χ3n) is 6.64. The highest BCUT2D eigenvalue weighted by molar-refractivity contribution is 8.18. The summed E-state index contributed by atoms with van der Waals surface area (Å²) in [5.74, 6) is 1.34. The van der Waals surface area contributed by atoms with Gasteiger partial charge in [-0.2, -0.15) is 0 Å². The van der Waals surface area contributed by atoms with Crippen molar-refractivity contribution in [2.24, 2.45) is 10.9 Å². The summed E-state index contributed by atoms with van der Waals surface area (Å²) in [6, 6.07) is 28.1. The number of carbonyl (C=O) groups is 1. The molecular weight excluding hydrogens is 452 g/mol. The summed E-state index contributed by atoms with van der Waals surface area (Å²) < 4.78 is 5.91. The second-order valence-electron chi connectivity index (χ2n) is 9.19. The van der Waals surface area contributed by atoms with Crippen LogP contribution in [0.15, 0.2) is 94.8 Å². The molecule has 0 bridgehead atoms. The van der Waals surface area contributed by atoms with Gasteiger partial charge in [0.2, 0.25) is 0 Å². The van der Waals surface area contributed by atoms with Crippen LogP contribution < -0.4 is 4.74 Å². The summed E-state index contributed by atoms with van der Waals surface area (Å²) in [5.41, 5.74) is 2.98. The van der Waals surface area contributed by atoms with E-state index in [4.69, 9.17) is 9.73 Å². The topological polar surface area (TPSA) is 41.9 Å². The third-order valence-corrected chi connectivity index (χ3v) is 7.62. The van der Waals surface area contributed by atoms with Gasteiger partial charge in [0.15, 0.2) is 5.17 Å². The van der Waals surface area contributed by atoms with E-state index in [2.05, 4.69) is 19.1 Å². The Bertz CT molecular complexity index is 1210. The minimum absolute atomic E-state index is 0.0628. The van der Waals surface area contributed by atoms with E-state index >= 15 is 0 Å². The van der Waals surface area contributed by atoms with Gasteiger partial charge in [0, 0.05) is 6.04 Å². The van der Waals surface area contributed by atoms with Crippen LogP contribution >= 0.6 is 11.8 Å². The van der Waals surface area contributed by atoms with Gasteiger partial charge < -0.3 is 4.74 Å². The first kappa shape index (κ1) is 23.4. The lowest BCUT2D eigenvalue weighted by atomic mass is 9.85. The maximum atomic E-state index is 13.6. The van der Waals surface area contributed by atoms with Crippen molar-refractivity contribution in [2.75, 3.05) is 0 Å². The molecule has 1 saturated carbocycles. The van der Waals surface area contributed by atoms with Crippen molar-refractivity contribution in [3.63, 3.8) is 0 Å². The summed E-state index contributed by atoms with van der Waals surface area (Å²) >= 11 is 1.48. The molecule has 2 fully saturated rings. The summed E-state index contributed by atoms with van der Waals surface area (Å²) in [6.07, 6.45) is 6.55. The Kier molecular flexibility index (Phi) is 7.34. The molecule has 35 heavy (non-hydrogen) atoms. The minimum atomic E-state index is 0.0628. The zero-order valence-corrected chi connectivity index (χ0v) is 20.8. The smallest absolute Gasteiger partial charge is 0.267 e. The molecule has 178 valence electrons. The van der Waals surface area contributed by atoms with Gasteiger partial charge in [0.05, 0.1) is 10.6 Å². The van der Waals surface area contributed by atoms with Crippen LogP contribution in [0.25, 0.3) is 6.08 Å². The van der Waals surface area contributed by atoms with E-state index in [0.717, 1.165) is 51.9 Å². The SMILES string of the molecule is C[C@@H]1CCCC[C@H]1N1C(=O)/C(=C/c2ccc(OCc3ccccc3)cc2)SC1=Nc1ccccc1. The summed E-state index contributed by atoms with van der Waals surface area (Å²) in [6.45, 7) is 2.79. The van der Waals surface area contributed by atoms with Crippen LogP contribution in [0.3, 0.4) is 0 Å². The molecule has 0 spiro atoms. The molecule has 0 aromatic heterocycles. The van der Waals surface area contributed by atoms with E-state index < -0.39 is 0 Å². The molecule has 3 aromatic rings. The van der Waals surface area contributed by atoms with Crippen LogP contribution in [0.5, 0.6) is 5.75 Å². The highest BCUT2D eigenvalue weighted by Gasteiger charge is 2.41. The van der Waals surface area contributed by atoms with Gasteiger partial charge in [-0.15, -0.1) is 0 Å². The maximum Gasteiger partial charge on any atom is 0.267 e. The first-order chi connectivity index (χ1) is 17.2. The first-order valence-electron chi connectivity index (χ1n) is 12.3. The number of hydrogen-bond acceptors (Lipinski definition) is 4. The molecule has 2 atom stereocenters. The van der Waals surface area contributed by atoms with Gasteiger partial charge in [-0.05, 0) is 72.0 Å². The van der Waals surface area contributed by atoms with Crippen LogP contribution in [-0.4, -0.2) is 22.0 Å². The van der Waals surface area contributed by atoms with Gasteiger partial charge in [0.1, 0.15) is 12.4 Å². The Morgan fingerprint density at radius 3 is 2.34 bits per heavy atom. The van der Waals surface area contributed by atoms with Crippen molar-refractivity contribution in [1.29, 1.82) is 0 Å². The average Bonchev–Trinajstić information content (AvgIpc) is 3.19. The van der Waals surface area contributed by atoms with E-state index in [1.54, 1.807) is 0 Å². The molecule has 1 saturated heterocycles. The van der Waals surface area contributed by atoms with Crippen molar-refractivity contribution in [1.82, 2.24) is 4.90 Å². The second-order valence-corrected chi connectivity index (χ2v) is 10.2. The lowest BCUT2D eigenvalue weighted by Gasteiger charge is -2.35. The van der Waals surface area contributed by atoms with E-state index in [1.807, 2.05) is 83.8 Å². The van der Waals surface area contributed by atoms with Crippen LogP contribution in [0.1, 0.15) is 43.7 Å². The highest BCUT2D eigenvalue weighted by atomic mass is 32.2. The van der Waals surface area contributed by atoms with Crippen LogP contribution in [0, 0.1) is 5.92 Å². The van der Waals surface area contributed by atoms with Crippen molar-refractivity contribution in [3.05, 3.63) is 101 Å². The largest absolute Gasteiger partial charge is 0.489 e. The van der Waals surface area contributed by atoms with Crippen LogP contribution in [0.4, 0.5) is 5.69 Å². The van der Waals surface area contributed by atoms with E-state index in [-0.39, 0.29) is 11.9 Å². The van der Waals surface area contributed by atoms with Crippen molar-refractivity contribution in [3.8, 4) is 5.75 Å². The molecule has 1 heterocycles.